The minimum Gasteiger partial charge on any atom is -0.444 e. The zero-order valence-corrected chi connectivity index (χ0v) is 14.2. The minimum atomic E-state index is -0.526. The smallest absolute Gasteiger partial charge is 0.410 e. The van der Waals surface area contributed by atoms with E-state index >= 15 is 0 Å². The first kappa shape index (κ1) is 17.1. The third kappa shape index (κ3) is 3.57. The molecule has 1 aliphatic carbocycles. The fourth-order valence-corrected chi connectivity index (χ4v) is 3.05. The van der Waals surface area contributed by atoms with Crippen LogP contribution in [-0.2, 0) is 11.2 Å². The number of carbonyl (C=O) groups excluding carboxylic acids is 1. The highest BCUT2D eigenvalue weighted by atomic mass is 16.6. The van der Waals surface area contributed by atoms with Crippen LogP contribution in [0.2, 0.25) is 0 Å². The molecular formula is C17H25N3O3. The van der Waals surface area contributed by atoms with Crippen LogP contribution in [0.15, 0.2) is 23.4 Å². The van der Waals surface area contributed by atoms with Gasteiger partial charge < -0.3 is 20.6 Å². The van der Waals surface area contributed by atoms with Gasteiger partial charge in [0.25, 0.3) is 0 Å². The number of nitrogens with zero attached hydrogens (tertiary/aromatic N) is 2. The maximum absolute atomic E-state index is 12.5. The van der Waals surface area contributed by atoms with Gasteiger partial charge in [-0.05, 0) is 51.7 Å². The van der Waals surface area contributed by atoms with Crippen molar-refractivity contribution in [2.75, 3.05) is 6.54 Å². The Morgan fingerprint density at radius 1 is 1.48 bits per heavy atom. The van der Waals surface area contributed by atoms with Crippen LogP contribution in [-0.4, -0.2) is 34.2 Å². The van der Waals surface area contributed by atoms with Crippen LogP contribution in [0.25, 0.3) is 0 Å². The molecule has 0 saturated heterocycles. The Balaban J connectivity index is 2.33. The molecule has 0 spiro atoms. The number of hydrogen-bond donors (Lipinski definition) is 2. The maximum Gasteiger partial charge on any atom is 0.410 e. The van der Waals surface area contributed by atoms with Crippen molar-refractivity contribution in [3.05, 3.63) is 34.9 Å². The number of carbonyl (C=O) groups is 1. The Morgan fingerprint density at radius 2 is 2.17 bits per heavy atom. The number of amidine groups is 1. The molecule has 126 valence electrons. The molecule has 1 atom stereocenters. The average molecular weight is 319 g/mol. The summed E-state index contributed by atoms with van der Waals surface area (Å²) in [5.74, 6) is 0.0998. The van der Waals surface area contributed by atoms with Gasteiger partial charge in [0.1, 0.15) is 5.60 Å². The summed E-state index contributed by atoms with van der Waals surface area (Å²) in [5, 5.41) is 12.0. The van der Waals surface area contributed by atoms with Crippen LogP contribution < -0.4 is 5.73 Å². The molecule has 1 aromatic carbocycles. The second-order valence-corrected chi connectivity index (χ2v) is 6.68. The van der Waals surface area contributed by atoms with Gasteiger partial charge in [0.05, 0.1) is 6.04 Å². The molecule has 1 aliphatic rings. The first-order valence-corrected chi connectivity index (χ1v) is 7.87. The summed E-state index contributed by atoms with van der Waals surface area (Å²) in [4.78, 5) is 14.2. The van der Waals surface area contributed by atoms with Crippen LogP contribution in [0.4, 0.5) is 4.79 Å². The summed E-state index contributed by atoms with van der Waals surface area (Å²) in [7, 11) is 0. The molecule has 1 unspecified atom stereocenters. The predicted octanol–water partition coefficient (Wildman–Crippen LogP) is 3.03. The van der Waals surface area contributed by atoms with E-state index in [1.54, 1.807) is 4.90 Å². The quantitative estimate of drug-likeness (QED) is 0.388. The van der Waals surface area contributed by atoms with Gasteiger partial charge in [-0.15, -0.1) is 0 Å². The molecule has 0 heterocycles. The van der Waals surface area contributed by atoms with E-state index in [0.29, 0.717) is 6.54 Å². The second-order valence-electron chi connectivity index (χ2n) is 6.68. The zero-order valence-electron chi connectivity index (χ0n) is 14.2. The fourth-order valence-electron chi connectivity index (χ4n) is 3.05. The molecule has 0 aromatic heterocycles. The number of nitrogens with two attached hydrogens (primary N) is 1. The van der Waals surface area contributed by atoms with E-state index < -0.39 is 5.60 Å². The number of ether oxygens (including phenoxy) is 1. The number of rotatable bonds is 3. The molecule has 0 radical (unpaired) electrons. The molecule has 0 fully saturated rings. The van der Waals surface area contributed by atoms with Gasteiger partial charge in [-0.25, -0.2) is 4.79 Å². The largest absolute Gasteiger partial charge is 0.444 e. The Kier molecular flexibility index (Phi) is 4.82. The zero-order chi connectivity index (χ0) is 17.2. The van der Waals surface area contributed by atoms with Crippen molar-refractivity contribution in [3.63, 3.8) is 0 Å². The number of benzene rings is 1. The lowest BCUT2D eigenvalue weighted by Gasteiger charge is -2.31. The lowest BCUT2D eigenvalue weighted by molar-refractivity contribution is 0.0171. The van der Waals surface area contributed by atoms with Crippen molar-refractivity contribution >= 4 is 11.9 Å². The van der Waals surface area contributed by atoms with E-state index in [1.165, 1.54) is 0 Å². The second kappa shape index (κ2) is 6.48. The molecule has 0 saturated carbocycles. The number of hydrogen-bond acceptors (Lipinski definition) is 4. The van der Waals surface area contributed by atoms with Gasteiger partial charge in [0.2, 0.25) is 0 Å². The van der Waals surface area contributed by atoms with Gasteiger partial charge >= 0.3 is 6.09 Å². The maximum atomic E-state index is 12.5. The van der Waals surface area contributed by atoms with Crippen LogP contribution in [0, 0.1) is 0 Å². The highest BCUT2D eigenvalue weighted by Gasteiger charge is 2.34. The Hall–Kier alpha value is -2.24. The molecule has 1 amide bonds. The standard InChI is InChI=1S/C17H25N3O3/c1-5-20(16(21)23-17(2,3)4)14-10-9-11-12(14)7-6-8-13(11)15(18)19-22/h6-8,14,22H,5,9-10H2,1-4H3,(H2,18,19). The van der Waals surface area contributed by atoms with Crippen molar-refractivity contribution in [2.24, 2.45) is 10.9 Å². The average Bonchev–Trinajstić information content (AvgIpc) is 2.89. The molecular weight excluding hydrogens is 294 g/mol. The normalized spacial score (nSPS) is 17.7. The highest BCUT2D eigenvalue weighted by Crippen LogP contribution is 2.38. The Labute approximate surface area is 136 Å². The van der Waals surface area contributed by atoms with Gasteiger partial charge in [0.15, 0.2) is 5.84 Å². The lowest BCUT2D eigenvalue weighted by Crippen LogP contribution is -2.38. The van der Waals surface area contributed by atoms with E-state index in [1.807, 2.05) is 45.9 Å². The molecule has 6 nitrogen and oxygen atoms in total. The van der Waals surface area contributed by atoms with Gasteiger partial charge in [-0.3, -0.25) is 0 Å². The first-order valence-electron chi connectivity index (χ1n) is 7.87. The third-order valence-electron chi connectivity index (χ3n) is 3.97. The SMILES string of the molecule is CCN(C(=O)OC(C)(C)C)C1CCc2c(/C(N)=N/O)cccc21. The molecule has 23 heavy (non-hydrogen) atoms. The molecule has 3 N–H and O–H groups in total. The van der Waals surface area contributed by atoms with Gasteiger partial charge in [-0.1, -0.05) is 23.4 Å². The number of fused-ring (bicyclic) bond motifs is 1. The van der Waals surface area contributed by atoms with Crippen LogP contribution in [0.1, 0.15) is 56.8 Å². The molecule has 6 heteroatoms. The summed E-state index contributed by atoms with van der Waals surface area (Å²) >= 11 is 0. The molecule has 2 rings (SSSR count). The van der Waals surface area contributed by atoms with Gasteiger partial charge in [-0.2, -0.15) is 0 Å². The topological polar surface area (TPSA) is 88.2 Å². The van der Waals surface area contributed by atoms with Crippen LogP contribution in [0.5, 0.6) is 0 Å². The van der Waals surface area contributed by atoms with Crippen molar-refractivity contribution in [1.82, 2.24) is 4.90 Å². The summed E-state index contributed by atoms with van der Waals surface area (Å²) in [5.41, 5.74) is 8.04. The first-order chi connectivity index (χ1) is 10.8. The van der Waals surface area contributed by atoms with E-state index in [0.717, 1.165) is 29.5 Å². The minimum absolute atomic E-state index is 0.0451. The Bertz CT molecular complexity index is 620. The number of amides is 1. The van der Waals surface area contributed by atoms with E-state index in [4.69, 9.17) is 15.7 Å². The number of oxime groups is 1. The molecule has 1 aromatic rings. The van der Waals surface area contributed by atoms with Crippen LogP contribution in [0.3, 0.4) is 0 Å². The van der Waals surface area contributed by atoms with Gasteiger partial charge in [0, 0.05) is 12.1 Å². The molecule has 0 bridgehead atoms. The van der Waals surface area contributed by atoms with E-state index in [9.17, 15) is 4.79 Å². The fraction of sp³-hybridized carbons (Fsp3) is 0.529. The summed E-state index contributed by atoms with van der Waals surface area (Å²) in [6.45, 7) is 8.08. The monoisotopic (exact) mass is 319 g/mol. The van der Waals surface area contributed by atoms with Crippen molar-refractivity contribution in [1.29, 1.82) is 0 Å². The summed E-state index contributed by atoms with van der Waals surface area (Å²) in [6.07, 6.45) is 1.27. The van der Waals surface area contributed by atoms with Crippen molar-refractivity contribution < 1.29 is 14.7 Å². The van der Waals surface area contributed by atoms with E-state index in [2.05, 4.69) is 5.16 Å². The summed E-state index contributed by atoms with van der Waals surface area (Å²) < 4.78 is 5.52. The van der Waals surface area contributed by atoms with Crippen molar-refractivity contribution in [2.45, 2.75) is 52.2 Å². The predicted molar refractivity (Wildman–Crippen MR) is 88.6 cm³/mol. The molecule has 0 aliphatic heterocycles. The highest BCUT2D eigenvalue weighted by molar-refractivity contribution is 5.98. The lowest BCUT2D eigenvalue weighted by atomic mass is 10.0. The Morgan fingerprint density at radius 3 is 2.74 bits per heavy atom. The van der Waals surface area contributed by atoms with E-state index in [-0.39, 0.29) is 18.0 Å². The summed E-state index contributed by atoms with van der Waals surface area (Å²) in [6, 6.07) is 5.65. The van der Waals surface area contributed by atoms with Crippen molar-refractivity contribution in [3.8, 4) is 0 Å². The third-order valence-corrected chi connectivity index (χ3v) is 3.97. The van der Waals surface area contributed by atoms with Crippen LogP contribution >= 0.6 is 0 Å².